The molecule has 1 aromatic rings. The summed E-state index contributed by atoms with van der Waals surface area (Å²) in [6.07, 6.45) is -6.11. The molecule has 122 valence electrons. The number of anilines is 1. The highest BCUT2D eigenvalue weighted by Gasteiger charge is 2.29. The summed E-state index contributed by atoms with van der Waals surface area (Å²) in [6.45, 7) is -1.93. The third-order valence-corrected chi connectivity index (χ3v) is 2.48. The lowest BCUT2D eigenvalue weighted by Gasteiger charge is -2.09. The fourth-order valence-corrected chi connectivity index (χ4v) is 1.45. The van der Waals surface area contributed by atoms with Gasteiger partial charge in [0.25, 0.3) is 0 Å². The van der Waals surface area contributed by atoms with E-state index in [0.29, 0.717) is 0 Å². The number of alkyl halides is 3. The number of alkyl carbamates (subject to hydrolysis) is 1. The lowest BCUT2D eigenvalue weighted by Crippen LogP contribution is -2.31. The number of ether oxygens (including phenoxy) is 1. The van der Waals surface area contributed by atoms with E-state index in [1.807, 2.05) is 5.32 Å². The summed E-state index contributed by atoms with van der Waals surface area (Å²) >= 11 is 5.52. The van der Waals surface area contributed by atoms with E-state index in [1.165, 1.54) is 12.1 Å². The molecular weight excluding hydrogens is 332 g/mol. The molecule has 1 rings (SSSR count). The molecule has 5 nitrogen and oxygen atoms in total. The first-order chi connectivity index (χ1) is 10.2. The van der Waals surface area contributed by atoms with Crippen molar-refractivity contribution in [3.8, 4) is 0 Å². The average molecular weight is 343 g/mol. The lowest BCUT2D eigenvalue weighted by molar-refractivity contribution is -0.160. The predicted octanol–water partition coefficient (Wildman–Crippen LogP) is 3.10. The molecule has 0 saturated carbocycles. The molecule has 0 aliphatic rings. The SMILES string of the molecule is O=C(CCNC(=O)OCC(F)(F)F)Nc1ccc(F)c(Cl)c1. The number of halogens is 5. The van der Waals surface area contributed by atoms with Crippen molar-refractivity contribution in [3.63, 3.8) is 0 Å². The van der Waals surface area contributed by atoms with Crippen molar-refractivity contribution in [2.45, 2.75) is 12.6 Å². The van der Waals surface area contributed by atoms with Gasteiger partial charge in [-0.15, -0.1) is 0 Å². The van der Waals surface area contributed by atoms with Gasteiger partial charge in [-0.2, -0.15) is 13.2 Å². The second kappa shape index (κ2) is 7.83. The Hall–Kier alpha value is -2.03. The largest absolute Gasteiger partial charge is 0.440 e. The summed E-state index contributed by atoms with van der Waals surface area (Å²) in [4.78, 5) is 22.4. The van der Waals surface area contributed by atoms with Gasteiger partial charge in [0.15, 0.2) is 6.61 Å². The predicted molar refractivity (Wildman–Crippen MR) is 70.1 cm³/mol. The van der Waals surface area contributed by atoms with E-state index < -0.39 is 30.6 Å². The molecule has 0 spiro atoms. The Labute approximate surface area is 127 Å². The molecule has 0 atom stereocenters. The number of amides is 2. The summed E-state index contributed by atoms with van der Waals surface area (Å²) in [7, 11) is 0. The van der Waals surface area contributed by atoms with Crippen LogP contribution in [0.5, 0.6) is 0 Å². The number of nitrogens with one attached hydrogen (secondary N) is 2. The Kier molecular flexibility index (Phi) is 6.41. The molecule has 0 radical (unpaired) electrons. The monoisotopic (exact) mass is 342 g/mol. The van der Waals surface area contributed by atoms with Crippen LogP contribution in [0.1, 0.15) is 6.42 Å². The minimum atomic E-state index is -4.61. The second-order valence-electron chi connectivity index (χ2n) is 4.05. The van der Waals surface area contributed by atoms with E-state index in [2.05, 4.69) is 10.1 Å². The van der Waals surface area contributed by atoms with Gasteiger partial charge in [-0.1, -0.05) is 11.6 Å². The molecule has 0 fully saturated rings. The zero-order valence-corrected chi connectivity index (χ0v) is 11.7. The van der Waals surface area contributed by atoms with Crippen LogP contribution in [0.15, 0.2) is 18.2 Å². The van der Waals surface area contributed by atoms with E-state index in [0.717, 1.165) is 6.07 Å². The van der Waals surface area contributed by atoms with E-state index in [9.17, 15) is 27.2 Å². The van der Waals surface area contributed by atoms with Gasteiger partial charge in [0.2, 0.25) is 5.91 Å². The Morgan fingerprint density at radius 3 is 2.55 bits per heavy atom. The van der Waals surface area contributed by atoms with Gasteiger partial charge in [-0.3, -0.25) is 4.79 Å². The Morgan fingerprint density at radius 1 is 1.27 bits per heavy atom. The molecule has 0 saturated heterocycles. The highest BCUT2D eigenvalue weighted by molar-refractivity contribution is 6.31. The summed E-state index contributed by atoms with van der Waals surface area (Å²) in [5.41, 5.74) is 0.246. The van der Waals surface area contributed by atoms with Crippen molar-refractivity contribution in [1.29, 1.82) is 0 Å². The number of rotatable bonds is 5. The van der Waals surface area contributed by atoms with Crippen LogP contribution >= 0.6 is 11.6 Å². The summed E-state index contributed by atoms with van der Waals surface area (Å²) in [5, 5.41) is 4.19. The van der Waals surface area contributed by atoms with Gasteiger partial charge < -0.3 is 15.4 Å². The van der Waals surface area contributed by atoms with Gasteiger partial charge in [-0.25, -0.2) is 9.18 Å². The van der Waals surface area contributed by atoms with Crippen LogP contribution in [-0.4, -0.2) is 31.3 Å². The highest BCUT2D eigenvalue weighted by Crippen LogP contribution is 2.19. The summed E-state index contributed by atoms with van der Waals surface area (Å²) in [5.74, 6) is -1.19. The van der Waals surface area contributed by atoms with Gasteiger partial charge in [0.1, 0.15) is 5.82 Å². The average Bonchev–Trinajstić information content (AvgIpc) is 2.40. The maximum Gasteiger partial charge on any atom is 0.422 e. The van der Waals surface area contributed by atoms with Crippen LogP contribution in [-0.2, 0) is 9.53 Å². The smallest absolute Gasteiger partial charge is 0.422 e. The third-order valence-electron chi connectivity index (χ3n) is 2.19. The minimum Gasteiger partial charge on any atom is -0.440 e. The minimum absolute atomic E-state index is 0.174. The molecule has 22 heavy (non-hydrogen) atoms. The molecule has 0 heterocycles. The van der Waals surface area contributed by atoms with Crippen LogP contribution in [0.2, 0.25) is 5.02 Å². The number of carbonyl (C=O) groups excluding carboxylic acids is 2. The molecule has 1 aromatic carbocycles. The van der Waals surface area contributed by atoms with Crippen molar-refractivity contribution < 1.29 is 31.9 Å². The molecule has 0 aliphatic heterocycles. The molecule has 0 aromatic heterocycles. The van der Waals surface area contributed by atoms with Crippen molar-refractivity contribution in [3.05, 3.63) is 29.0 Å². The number of hydrogen-bond acceptors (Lipinski definition) is 3. The fraction of sp³-hybridized carbons (Fsp3) is 0.333. The zero-order valence-electron chi connectivity index (χ0n) is 11.0. The van der Waals surface area contributed by atoms with E-state index in [-0.39, 0.29) is 23.7 Å². The maximum absolute atomic E-state index is 12.9. The van der Waals surface area contributed by atoms with Crippen molar-refractivity contribution >= 4 is 29.3 Å². The normalized spacial score (nSPS) is 11.0. The fourth-order valence-electron chi connectivity index (χ4n) is 1.27. The highest BCUT2D eigenvalue weighted by atomic mass is 35.5. The summed E-state index contributed by atoms with van der Waals surface area (Å²) < 4.78 is 52.1. The summed E-state index contributed by atoms with van der Waals surface area (Å²) in [6, 6.07) is 3.54. The topological polar surface area (TPSA) is 67.4 Å². The number of carbonyl (C=O) groups is 2. The first-order valence-corrected chi connectivity index (χ1v) is 6.27. The van der Waals surface area contributed by atoms with E-state index >= 15 is 0 Å². The van der Waals surface area contributed by atoms with Crippen LogP contribution < -0.4 is 10.6 Å². The van der Waals surface area contributed by atoms with Crippen LogP contribution in [0, 0.1) is 5.82 Å². The third kappa shape index (κ3) is 7.11. The van der Waals surface area contributed by atoms with Crippen LogP contribution in [0.25, 0.3) is 0 Å². The Bertz CT molecular complexity index is 552. The molecule has 10 heteroatoms. The Balaban J connectivity index is 2.28. The molecular formula is C12H11ClF4N2O3. The van der Waals surface area contributed by atoms with Crippen LogP contribution in [0.4, 0.5) is 28.0 Å². The first-order valence-electron chi connectivity index (χ1n) is 5.89. The van der Waals surface area contributed by atoms with Crippen molar-refractivity contribution in [1.82, 2.24) is 5.32 Å². The standard InChI is InChI=1S/C12H11ClF4N2O3/c13-8-5-7(1-2-9(8)14)19-10(20)3-4-18-11(21)22-6-12(15,16)17/h1-2,5H,3-4,6H2,(H,18,21)(H,19,20). The van der Waals surface area contributed by atoms with E-state index in [4.69, 9.17) is 11.6 Å². The lowest BCUT2D eigenvalue weighted by atomic mass is 10.3. The first kappa shape index (κ1) is 18.0. The number of benzene rings is 1. The van der Waals surface area contributed by atoms with Crippen molar-refractivity contribution in [2.24, 2.45) is 0 Å². The Morgan fingerprint density at radius 2 is 1.95 bits per heavy atom. The quantitative estimate of drug-likeness (QED) is 0.808. The van der Waals surface area contributed by atoms with Crippen LogP contribution in [0.3, 0.4) is 0 Å². The van der Waals surface area contributed by atoms with E-state index in [1.54, 1.807) is 0 Å². The maximum atomic E-state index is 12.9. The van der Waals surface area contributed by atoms with Crippen molar-refractivity contribution in [2.75, 3.05) is 18.5 Å². The van der Waals surface area contributed by atoms with Gasteiger partial charge >= 0.3 is 12.3 Å². The van der Waals surface area contributed by atoms with Gasteiger partial charge in [0.05, 0.1) is 5.02 Å². The zero-order chi connectivity index (χ0) is 16.8. The van der Waals surface area contributed by atoms with Gasteiger partial charge in [-0.05, 0) is 18.2 Å². The van der Waals surface area contributed by atoms with Gasteiger partial charge in [0, 0.05) is 18.7 Å². The molecule has 0 bridgehead atoms. The molecule has 0 unspecified atom stereocenters. The second-order valence-corrected chi connectivity index (χ2v) is 4.45. The molecule has 0 aliphatic carbocycles. The molecule has 2 amide bonds. The molecule has 2 N–H and O–H groups in total. The number of hydrogen-bond donors (Lipinski definition) is 2.